The third-order valence-electron chi connectivity index (χ3n) is 3.47. The van der Waals surface area contributed by atoms with Crippen LogP contribution in [-0.2, 0) is 0 Å². The minimum Gasteiger partial charge on any atom is -0.316 e. The van der Waals surface area contributed by atoms with E-state index in [9.17, 15) is 0 Å². The molecule has 1 heterocycles. The third kappa shape index (κ3) is 2.48. The van der Waals surface area contributed by atoms with Gasteiger partial charge in [-0.05, 0) is 31.5 Å². The zero-order valence-electron chi connectivity index (χ0n) is 10.4. The molecular weight excluding hydrogens is 237 g/mol. The topological polar surface area (TPSA) is 12.0 Å². The number of hydrogen-bond acceptors (Lipinski definition) is 1. The molecule has 1 atom stereocenters. The summed E-state index contributed by atoms with van der Waals surface area (Å²) in [7, 11) is -0.215. The van der Waals surface area contributed by atoms with Crippen LogP contribution in [-0.4, -0.2) is 18.7 Å². The molecule has 0 aromatic heterocycles. The van der Waals surface area contributed by atoms with Crippen molar-refractivity contribution in [2.75, 3.05) is 13.1 Å². The largest absolute Gasteiger partial charge is 0.316 e. The summed E-state index contributed by atoms with van der Waals surface area (Å²) < 4.78 is 0. The molecule has 1 saturated heterocycles. The fourth-order valence-corrected chi connectivity index (χ4v) is 5.43. The second-order valence-corrected chi connectivity index (χ2v) is 7.19. The number of benzene rings is 2. The lowest BCUT2D eigenvalue weighted by Crippen LogP contribution is -2.23. The van der Waals surface area contributed by atoms with Gasteiger partial charge in [0, 0.05) is 12.2 Å². The van der Waals surface area contributed by atoms with Gasteiger partial charge in [0.2, 0.25) is 0 Å². The highest BCUT2D eigenvalue weighted by atomic mass is 31.1. The summed E-state index contributed by atoms with van der Waals surface area (Å²) in [5.74, 6) is 0. The quantitative estimate of drug-likeness (QED) is 0.831. The van der Waals surface area contributed by atoms with Crippen LogP contribution in [0.5, 0.6) is 0 Å². The molecule has 1 aliphatic rings. The molecule has 0 radical (unpaired) electrons. The Balaban J connectivity index is 1.98. The van der Waals surface area contributed by atoms with Gasteiger partial charge in [-0.1, -0.05) is 60.7 Å². The number of rotatable bonds is 3. The van der Waals surface area contributed by atoms with Gasteiger partial charge in [0.25, 0.3) is 0 Å². The first kappa shape index (κ1) is 11.9. The second kappa shape index (κ2) is 5.65. The molecule has 0 amide bonds. The van der Waals surface area contributed by atoms with Gasteiger partial charge in [0.05, 0.1) is 0 Å². The van der Waals surface area contributed by atoms with Gasteiger partial charge in [0.1, 0.15) is 0 Å². The van der Waals surface area contributed by atoms with Crippen LogP contribution in [0.3, 0.4) is 0 Å². The Kier molecular flexibility index (Phi) is 3.73. The van der Waals surface area contributed by atoms with Crippen molar-refractivity contribution in [3.05, 3.63) is 60.7 Å². The van der Waals surface area contributed by atoms with Crippen LogP contribution < -0.4 is 15.9 Å². The predicted octanol–water partition coefficient (Wildman–Crippen LogP) is 2.48. The summed E-state index contributed by atoms with van der Waals surface area (Å²) >= 11 is 0. The lowest BCUT2D eigenvalue weighted by Gasteiger charge is -2.24. The molecule has 2 aromatic rings. The van der Waals surface area contributed by atoms with Crippen molar-refractivity contribution in [3.8, 4) is 0 Å². The average Bonchev–Trinajstić information content (AvgIpc) is 2.95. The predicted molar refractivity (Wildman–Crippen MR) is 80.3 cm³/mol. The Morgan fingerprint density at radius 2 is 1.39 bits per heavy atom. The van der Waals surface area contributed by atoms with Crippen molar-refractivity contribution in [3.63, 3.8) is 0 Å². The summed E-state index contributed by atoms with van der Waals surface area (Å²) in [5, 5.41) is 6.52. The fraction of sp³-hybridized carbons (Fsp3) is 0.250. The standard InChI is InChI=1S/C16H18NP/c1-3-7-14(8-4-1)18(16-11-12-17-13-16)15-9-5-2-6-10-15/h1-10,16-17H,11-13H2. The summed E-state index contributed by atoms with van der Waals surface area (Å²) in [6.07, 6.45) is 1.30. The lowest BCUT2D eigenvalue weighted by molar-refractivity contribution is 0.858. The van der Waals surface area contributed by atoms with E-state index >= 15 is 0 Å². The molecule has 1 aliphatic heterocycles. The summed E-state index contributed by atoms with van der Waals surface area (Å²) in [4.78, 5) is 0. The van der Waals surface area contributed by atoms with Gasteiger partial charge in [-0.15, -0.1) is 0 Å². The maximum Gasteiger partial charge on any atom is 0.00255 e. The summed E-state index contributed by atoms with van der Waals surface area (Å²) in [6.45, 7) is 2.33. The van der Waals surface area contributed by atoms with Crippen molar-refractivity contribution >= 4 is 18.5 Å². The van der Waals surface area contributed by atoms with Crippen LogP contribution in [0, 0.1) is 0 Å². The molecular formula is C16H18NP. The van der Waals surface area contributed by atoms with E-state index in [0.29, 0.717) is 0 Å². The van der Waals surface area contributed by atoms with E-state index in [1.807, 2.05) is 0 Å². The molecule has 0 spiro atoms. The first-order valence-corrected chi connectivity index (χ1v) is 7.96. The first-order valence-electron chi connectivity index (χ1n) is 6.55. The smallest absolute Gasteiger partial charge is 0.00255 e. The average molecular weight is 255 g/mol. The molecule has 18 heavy (non-hydrogen) atoms. The van der Waals surface area contributed by atoms with E-state index in [4.69, 9.17) is 0 Å². The maximum atomic E-state index is 3.51. The monoisotopic (exact) mass is 255 g/mol. The Hall–Kier alpha value is -1.17. The van der Waals surface area contributed by atoms with Crippen LogP contribution in [0.4, 0.5) is 0 Å². The fourth-order valence-electron chi connectivity index (χ4n) is 2.61. The molecule has 0 bridgehead atoms. The first-order chi connectivity index (χ1) is 8.95. The van der Waals surface area contributed by atoms with Gasteiger partial charge in [0.15, 0.2) is 0 Å². The zero-order chi connectivity index (χ0) is 12.2. The molecule has 3 rings (SSSR count). The molecule has 92 valence electrons. The maximum absolute atomic E-state index is 3.51. The van der Waals surface area contributed by atoms with Crippen molar-refractivity contribution in [1.29, 1.82) is 0 Å². The van der Waals surface area contributed by atoms with Gasteiger partial charge >= 0.3 is 0 Å². The number of hydrogen-bond donors (Lipinski definition) is 1. The summed E-state index contributed by atoms with van der Waals surface area (Å²) in [6, 6.07) is 22.0. The Bertz CT molecular complexity index is 437. The van der Waals surface area contributed by atoms with Crippen LogP contribution >= 0.6 is 7.92 Å². The van der Waals surface area contributed by atoms with Crippen molar-refractivity contribution in [2.24, 2.45) is 0 Å². The van der Waals surface area contributed by atoms with Crippen molar-refractivity contribution in [1.82, 2.24) is 5.32 Å². The van der Waals surface area contributed by atoms with Gasteiger partial charge in [-0.2, -0.15) is 0 Å². The van der Waals surface area contributed by atoms with Crippen molar-refractivity contribution in [2.45, 2.75) is 12.1 Å². The highest BCUT2D eigenvalue weighted by molar-refractivity contribution is 7.73. The van der Waals surface area contributed by atoms with E-state index in [-0.39, 0.29) is 7.92 Å². The van der Waals surface area contributed by atoms with Crippen LogP contribution in [0.1, 0.15) is 6.42 Å². The molecule has 1 fully saturated rings. The van der Waals surface area contributed by atoms with Crippen LogP contribution in [0.25, 0.3) is 0 Å². The molecule has 0 saturated carbocycles. The van der Waals surface area contributed by atoms with E-state index < -0.39 is 0 Å². The molecule has 2 heteroatoms. The molecule has 0 aliphatic carbocycles. The minimum atomic E-state index is -0.215. The summed E-state index contributed by atoms with van der Waals surface area (Å²) in [5.41, 5.74) is 0.782. The van der Waals surface area contributed by atoms with Crippen LogP contribution in [0.15, 0.2) is 60.7 Å². The molecule has 1 unspecified atom stereocenters. The van der Waals surface area contributed by atoms with E-state index in [0.717, 1.165) is 12.2 Å². The lowest BCUT2D eigenvalue weighted by atomic mass is 10.3. The van der Waals surface area contributed by atoms with E-state index in [1.165, 1.54) is 23.6 Å². The molecule has 1 nitrogen and oxygen atoms in total. The van der Waals surface area contributed by atoms with E-state index in [2.05, 4.69) is 66.0 Å². The van der Waals surface area contributed by atoms with Gasteiger partial charge in [-0.3, -0.25) is 0 Å². The zero-order valence-corrected chi connectivity index (χ0v) is 11.3. The van der Waals surface area contributed by atoms with Gasteiger partial charge < -0.3 is 5.32 Å². The van der Waals surface area contributed by atoms with Gasteiger partial charge in [-0.25, -0.2) is 0 Å². The SMILES string of the molecule is c1ccc(P(c2ccccc2)C2CCNC2)cc1. The minimum absolute atomic E-state index is 0.215. The Labute approximate surface area is 110 Å². The Morgan fingerprint density at radius 3 is 1.83 bits per heavy atom. The molecule has 1 N–H and O–H groups in total. The van der Waals surface area contributed by atoms with E-state index in [1.54, 1.807) is 0 Å². The highest BCUT2D eigenvalue weighted by Gasteiger charge is 2.26. The van der Waals surface area contributed by atoms with Crippen molar-refractivity contribution < 1.29 is 0 Å². The Morgan fingerprint density at radius 1 is 0.833 bits per heavy atom. The number of nitrogens with one attached hydrogen (secondary N) is 1. The third-order valence-corrected chi connectivity index (χ3v) is 6.35. The second-order valence-electron chi connectivity index (χ2n) is 4.69. The molecule has 2 aromatic carbocycles. The highest BCUT2D eigenvalue weighted by Crippen LogP contribution is 2.41. The normalized spacial score (nSPS) is 19.3. The van der Waals surface area contributed by atoms with Crippen LogP contribution in [0.2, 0.25) is 0 Å².